The molecule has 1 aromatic rings. The van der Waals surface area contributed by atoms with Gasteiger partial charge in [-0.25, -0.2) is 0 Å². The van der Waals surface area contributed by atoms with Gasteiger partial charge in [0.2, 0.25) is 0 Å². The monoisotopic (exact) mass is 219 g/mol. The first-order valence-electron chi connectivity index (χ1n) is 5.44. The smallest absolute Gasteiger partial charge is 0.0994 e. The van der Waals surface area contributed by atoms with E-state index >= 15 is 0 Å². The van der Waals surface area contributed by atoms with Gasteiger partial charge < -0.3 is 0 Å². The van der Waals surface area contributed by atoms with E-state index in [1.807, 2.05) is 12.1 Å². The molecule has 1 nitrogen and oxygen atoms in total. The summed E-state index contributed by atoms with van der Waals surface area (Å²) in [6, 6.07) is 8.35. The Balaban J connectivity index is 2.34. The summed E-state index contributed by atoms with van der Waals surface area (Å²) in [5.41, 5.74) is 3.08. The van der Waals surface area contributed by atoms with Crippen molar-refractivity contribution in [1.29, 1.82) is 5.26 Å². The molecule has 1 fully saturated rings. The Morgan fingerprint density at radius 3 is 2.67 bits per heavy atom. The van der Waals surface area contributed by atoms with Crippen LogP contribution in [0.4, 0.5) is 0 Å². The third-order valence-electron chi connectivity index (χ3n) is 3.19. The number of nitrogens with zero attached hydrogens (tertiary/aromatic N) is 1. The predicted molar refractivity (Wildman–Crippen MR) is 61.9 cm³/mol. The molecule has 1 aliphatic rings. The Kier molecular flexibility index (Phi) is 3.28. The molecular formula is C13H14ClN. The molecule has 1 aromatic carbocycles. The normalized spacial score (nSPS) is 16.5. The second kappa shape index (κ2) is 4.68. The molecule has 2 rings (SSSR count). The second-order valence-corrected chi connectivity index (χ2v) is 4.42. The van der Waals surface area contributed by atoms with Crippen molar-refractivity contribution in [2.45, 2.75) is 37.5 Å². The molecule has 1 aliphatic carbocycles. The topological polar surface area (TPSA) is 23.8 Å². The summed E-state index contributed by atoms with van der Waals surface area (Å²) in [7, 11) is 0. The highest BCUT2D eigenvalue weighted by molar-refractivity contribution is 6.17. The number of benzene rings is 1. The van der Waals surface area contributed by atoms with E-state index in [0.29, 0.717) is 11.8 Å². The highest BCUT2D eigenvalue weighted by Gasteiger charge is 2.19. The Hall–Kier alpha value is -1.00. The highest BCUT2D eigenvalue weighted by atomic mass is 35.5. The maximum absolute atomic E-state index is 9.11. The molecule has 15 heavy (non-hydrogen) atoms. The Labute approximate surface area is 95.7 Å². The third-order valence-corrected chi connectivity index (χ3v) is 3.50. The van der Waals surface area contributed by atoms with E-state index in [4.69, 9.17) is 16.9 Å². The third kappa shape index (κ3) is 2.16. The van der Waals surface area contributed by atoms with Crippen LogP contribution < -0.4 is 0 Å². The van der Waals surface area contributed by atoms with Crippen LogP contribution in [-0.2, 0) is 5.88 Å². The first kappa shape index (κ1) is 10.5. The van der Waals surface area contributed by atoms with Crippen molar-refractivity contribution in [2.75, 3.05) is 0 Å². The number of alkyl halides is 1. The van der Waals surface area contributed by atoms with Gasteiger partial charge in [0.1, 0.15) is 0 Å². The maximum atomic E-state index is 9.11. The van der Waals surface area contributed by atoms with Crippen LogP contribution in [0.1, 0.15) is 48.3 Å². The van der Waals surface area contributed by atoms with Crippen LogP contribution in [0.2, 0.25) is 0 Å². The van der Waals surface area contributed by atoms with Crippen molar-refractivity contribution in [3.63, 3.8) is 0 Å². The van der Waals surface area contributed by atoms with Gasteiger partial charge in [0.15, 0.2) is 0 Å². The predicted octanol–water partition coefficient (Wildman–Crippen LogP) is 3.95. The summed E-state index contributed by atoms with van der Waals surface area (Å²) in [6.07, 6.45) is 5.06. The molecule has 2 heteroatoms. The first-order valence-corrected chi connectivity index (χ1v) is 5.97. The van der Waals surface area contributed by atoms with E-state index in [1.54, 1.807) is 0 Å². The van der Waals surface area contributed by atoms with Crippen LogP contribution in [0.15, 0.2) is 18.2 Å². The molecule has 0 bridgehead atoms. The quantitative estimate of drug-likeness (QED) is 0.691. The zero-order valence-corrected chi connectivity index (χ0v) is 9.43. The second-order valence-electron chi connectivity index (χ2n) is 4.15. The van der Waals surface area contributed by atoms with E-state index in [2.05, 4.69) is 12.1 Å². The summed E-state index contributed by atoms with van der Waals surface area (Å²) in [5, 5.41) is 9.11. The van der Waals surface area contributed by atoms with Crippen molar-refractivity contribution in [3.05, 3.63) is 34.9 Å². The summed E-state index contributed by atoms with van der Waals surface area (Å²) < 4.78 is 0. The fourth-order valence-corrected chi connectivity index (χ4v) is 2.54. The Bertz CT molecular complexity index is 386. The molecule has 0 atom stereocenters. The van der Waals surface area contributed by atoms with Crippen molar-refractivity contribution in [2.24, 2.45) is 0 Å². The summed E-state index contributed by atoms with van der Waals surface area (Å²) in [4.78, 5) is 0. The van der Waals surface area contributed by atoms with Gasteiger partial charge in [-0.05, 0) is 36.0 Å². The van der Waals surface area contributed by atoms with Gasteiger partial charge in [0, 0.05) is 5.88 Å². The number of nitriles is 1. The van der Waals surface area contributed by atoms with Crippen molar-refractivity contribution in [3.8, 4) is 6.07 Å². The molecule has 0 saturated heterocycles. The minimum absolute atomic E-state index is 0.486. The van der Waals surface area contributed by atoms with Gasteiger partial charge in [-0.2, -0.15) is 5.26 Å². The van der Waals surface area contributed by atoms with Crippen LogP contribution in [0, 0.1) is 11.3 Å². The minimum atomic E-state index is 0.486. The van der Waals surface area contributed by atoms with Gasteiger partial charge in [0.05, 0.1) is 11.6 Å². The minimum Gasteiger partial charge on any atom is -0.192 e. The maximum Gasteiger partial charge on any atom is 0.0994 e. The largest absolute Gasteiger partial charge is 0.192 e. The van der Waals surface area contributed by atoms with E-state index in [1.165, 1.54) is 31.2 Å². The molecule has 0 unspecified atom stereocenters. The van der Waals surface area contributed by atoms with Gasteiger partial charge >= 0.3 is 0 Å². The van der Waals surface area contributed by atoms with Crippen molar-refractivity contribution in [1.82, 2.24) is 0 Å². The number of halogens is 1. The lowest BCUT2D eigenvalue weighted by molar-refractivity contribution is 0.721. The number of rotatable bonds is 2. The fourth-order valence-electron chi connectivity index (χ4n) is 2.38. The summed E-state index contributed by atoms with van der Waals surface area (Å²) >= 11 is 5.76. The number of hydrogen-bond donors (Lipinski definition) is 0. The Morgan fingerprint density at radius 2 is 2.07 bits per heavy atom. The van der Waals surface area contributed by atoms with E-state index in [0.717, 1.165) is 11.1 Å². The molecule has 0 heterocycles. The molecule has 0 aliphatic heterocycles. The van der Waals surface area contributed by atoms with Crippen LogP contribution in [-0.4, -0.2) is 0 Å². The highest BCUT2D eigenvalue weighted by Crippen LogP contribution is 2.35. The van der Waals surface area contributed by atoms with E-state index < -0.39 is 0 Å². The average Bonchev–Trinajstić information content (AvgIpc) is 2.81. The van der Waals surface area contributed by atoms with Crippen molar-refractivity contribution >= 4 is 11.6 Å². The Morgan fingerprint density at radius 1 is 1.33 bits per heavy atom. The summed E-state index contributed by atoms with van der Waals surface area (Å²) in [5.74, 6) is 1.09. The zero-order chi connectivity index (χ0) is 10.7. The van der Waals surface area contributed by atoms with Crippen LogP contribution in [0.5, 0.6) is 0 Å². The first-order chi connectivity index (χ1) is 7.35. The molecular weight excluding hydrogens is 206 g/mol. The van der Waals surface area contributed by atoms with E-state index in [-0.39, 0.29) is 0 Å². The average molecular weight is 220 g/mol. The number of hydrogen-bond acceptors (Lipinski definition) is 1. The molecule has 0 spiro atoms. The standard InChI is InChI=1S/C13H14ClN/c14-8-10-5-6-13(12(7-10)9-15)11-3-1-2-4-11/h5-7,11H,1-4,8H2. The van der Waals surface area contributed by atoms with E-state index in [9.17, 15) is 0 Å². The van der Waals surface area contributed by atoms with Gasteiger partial charge in [-0.3, -0.25) is 0 Å². The lowest BCUT2D eigenvalue weighted by Gasteiger charge is -2.12. The lowest BCUT2D eigenvalue weighted by atomic mass is 9.92. The molecule has 0 N–H and O–H groups in total. The molecule has 0 aromatic heterocycles. The van der Waals surface area contributed by atoms with Crippen LogP contribution in [0.25, 0.3) is 0 Å². The fraction of sp³-hybridized carbons (Fsp3) is 0.462. The van der Waals surface area contributed by atoms with Crippen LogP contribution >= 0.6 is 11.6 Å². The van der Waals surface area contributed by atoms with Crippen molar-refractivity contribution < 1.29 is 0 Å². The SMILES string of the molecule is N#Cc1cc(CCl)ccc1C1CCCC1. The molecule has 0 amide bonds. The molecule has 0 radical (unpaired) electrons. The molecule has 78 valence electrons. The lowest BCUT2D eigenvalue weighted by Crippen LogP contribution is -1.97. The zero-order valence-electron chi connectivity index (χ0n) is 8.67. The van der Waals surface area contributed by atoms with Gasteiger partial charge in [-0.15, -0.1) is 11.6 Å². The van der Waals surface area contributed by atoms with Gasteiger partial charge in [-0.1, -0.05) is 25.0 Å². The van der Waals surface area contributed by atoms with Crippen LogP contribution in [0.3, 0.4) is 0 Å². The van der Waals surface area contributed by atoms with Gasteiger partial charge in [0.25, 0.3) is 0 Å². The molecule has 1 saturated carbocycles. The summed E-state index contributed by atoms with van der Waals surface area (Å²) in [6.45, 7) is 0.